The van der Waals surface area contributed by atoms with Gasteiger partial charge in [-0.15, -0.1) is 0 Å². The molecule has 1 aliphatic heterocycles. The monoisotopic (exact) mass is 477 g/mol. The summed E-state index contributed by atoms with van der Waals surface area (Å²) in [5, 5.41) is 3.29. The van der Waals surface area contributed by atoms with Gasteiger partial charge in [-0.1, -0.05) is 0 Å². The average molecular weight is 479 g/mol. The van der Waals surface area contributed by atoms with Crippen molar-refractivity contribution in [1.29, 1.82) is 0 Å². The van der Waals surface area contributed by atoms with Crippen LogP contribution >= 0.6 is 0 Å². The summed E-state index contributed by atoms with van der Waals surface area (Å²) in [5.74, 6) is 0.327. The molecular weight excluding hydrogens is 448 g/mol. The van der Waals surface area contributed by atoms with Gasteiger partial charge >= 0.3 is 157 Å². The van der Waals surface area contributed by atoms with E-state index in [-0.39, 0.29) is 66.7 Å². The smallest absolute Gasteiger partial charge is 1.00 e. The van der Waals surface area contributed by atoms with E-state index >= 15 is 0 Å². The van der Waals surface area contributed by atoms with Crippen LogP contribution in [0.5, 0.6) is 0 Å². The Labute approximate surface area is 193 Å². The maximum absolute atomic E-state index is 12.2. The van der Waals surface area contributed by atoms with E-state index in [0.717, 1.165) is 0 Å². The van der Waals surface area contributed by atoms with Gasteiger partial charge < -0.3 is 37.2 Å². The molecule has 0 amide bonds. The van der Waals surface area contributed by atoms with Gasteiger partial charge in [0.1, 0.15) is 0 Å². The summed E-state index contributed by atoms with van der Waals surface area (Å²) in [6, 6.07) is -0.420. The molecule has 0 aromatic heterocycles. The number of nitrogens with zero attached hydrogens (tertiary/aromatic N) is 2. The number of likely N-dealkylation sites (N-methyl/N-ethyl adjacent to an activating group) is 2. The second kappa shape index (κ2) is 14.5. The zero-order chi connectivity index (χ0) is 18.5. The van der Waals surface area contributed by atoms with Gasteiger partial charge in [0.15, 0.2) is 0 Å². The zero-order valence-electron chi connectivity index (χ0n) is 16.7. The summed E-state index contributed by atoms with van der Waals surface area (Å²) >= 11 is 1.94. The molecule has 0 radical (unpaired) electrons. The molecule has 10 heteroatoms. The Bertz CT molecular complexity index is 499. The summed E-state index contributed by atoms with van der Waals surface area (Å²) in [5.41, 5.74) is 0. The summed E-state index contributed by atoms with van der Waals surface area (Å²) < 4.78 is -0.590. The Kier molecular flexibility index (Phi) is 17.2. The topological polar surface area (TPSA) is 69.7 Å². The number of halogens is 3. The van der Waals surface area contributed by atoms with Crippen LogP contribution in [0, 0.1) is 0 Å². The number of carbonyl (C=O) groups is 3. The van der Waals surface area contributed by atoms with Crippen LogP contribution in [0.3, 0.4) is 0 Å². The first kappa shape index (κ1) is 32.1. The van der Waals surface area contributed by atoms with Crippen molar-refractivity contribution in [3.63, 3.8) is 0 Å². The van der Waals surface area contributed by atoms with Gasteiger partial charge in [0.25, 0.3) is 0 Å². The van der Waals surface area contributed by atoms with E-state index in [1.807, 2.05) is 44.3 Å². The van der Waals surface area contributed by atoms with Crippen LogP contribution in [0.4, 0.5) is 0 Å². The minimum atomic E-state index is -0.590. The molecule has 1 fully saturated rings. The van der Waals surface area contributed by atoms with Gasteiger partial charge in [-0.05, 0) is 0 Å². The molecule has 3 unspecified atom stereocenters. The summed E-state index contributed by atoms with van der Waals surface area (Å²) in [6.45, 7) is 6.79. The second-order valence-electron chi connectivity index (χ2n) is 6.89. The normalized spacial score (nSPS) is 28.3. The first-order chi connectivity index (χ1) is 11.1. The SMILES string of the molecule is CC(=O)C1CCN(C)C(C(C)=O)CCN(C)[C]([Ti+3])(C(C)=O)CCN1.[Cl-].[Cl-].[Cl-]. The number of hydrogen-bond donors (Lipinski definition) is 1. The largest absolute Gasteiger partial charge is 1.00 e. The molecule has 1 saturated heterocycles. The van der Waals surface area contributed by atoms with Crippen molar-refractivity contribution >= 4 is 17.3 Å². The van der Waals surface area contributed by atoms with Crippen LogP contribution in [0.25, 0.3) is 0 Å². The molecule has 1 N–H and O–H groups in total. The summed E-state index contributed by atoms with van der Waals surface area (Å²) in [4.78, 5) is 40.2. The van der Waals surface area contributed by atoms with E-state index in [9.17, 15) is 14.4 Å². The number of rotatable bonds is 3. The first-order valence-corrected chi connectivity index (χ1v) is 9.29. The molecule has 1 rings (SSSR count). The van der Waals surface area contributed by atoms with Crippen LogP contribution < -0.4 is 42.5 Å². The number of hydrogen-bond acceptors (Lipinski definition) is 6. The minimum absolute atomic E-state index is 0. The van der Waals surface area contributed by atoms with Crippen molar-refractivity contribution in [2.24, 2.45) is 0 Å². The van der Waals surface area contributed by atoms with Crippen LogP contribution in [-0.2, 0) is 34.8 Å². The van der Waals surface area contributed by atoms with E-state index in [2.05, 4.69) is 5.32 Å². The van der Waals surface area contributed by atoms with Gasteiger partial charge in [-0.25, -0.2) is 0 Å². The van der Waals surface area contributed by atoms with E-state index in [1.165, 1.54) is 0 Å². The number of Topliss-reactive ketones (excluding diaryl/α,β-unsaturated/α-hetero) is 3. The molecule has 0 aromatic rings. The maximum atomic E-state index is 12.2. The average Bonchev–Trinajstić information content (AvgIpc) is 2.48. The molecule has 0 saturated carbocycles. The van der Waals surface area contributed by atoms with E-state index < -0.39 is 3.84 Å². The van der Waals surface area contributed by atoms with E-state index in [0.29, 0.717) is 38.9 Å². The minimum Gasteiger partial charge on any atom is -1.00 e. The van der Waals surface area contributed by atoms with Gasteiger partial charge in [0, 0.05) is 0 Å². The molecule has 1 aliphatic rings. The first-order valence-electron chi connectivity index (χ1n) is 8.51. The van der Waals surface area contributed by atoms with Gasteiger partial charge in [-0.3, -0.25) is 0 Å². The van der Waals surface area contributed by atoms with Crippen molar-refractivity contribution < 1.29 is 72.0 Å². The number of ketones is 3. The quantitative estimate of drug-likeness (QED) is 0.407. The van der Waals surface area contributed by atoms with Gasteiger partial charge in [-0.2, -0.15) is 0 Å². The standard InChI is InChI=1S/C17H30N3O3.3ClH.Ti/c1-12(21)15-7-10-19(4)17(14(3)23)8-11-20(5)16(13(2)22)6-9-18-15;;;;/h15,17-18H,6-11H2,1-5H3;3*1H;/q;;;;+3/p-3. The Balaban J connectivity index is -0.00000192. The van der Waals surface area contributed by atoms with Gasteiger partial charge in [0.2, 0.25) is 0 Å². The van der Waals surface area contributed by atoms with Crippen molar-refractivity contribution in [1.82, 2.24) is 15.1 Å². The maximum Gasteiger partial charge on any atom is -1.00 e. The Morgan fingerprint density at radius 3 is 1.96 bits per heavy atom. The van der Waals surface area contributed by atoms with Crippen molar-refractivity contribution in [3.05, 3.63) is 0 Å². The molecule has 0 aromatic carbocycles. The van der Waals surface area contributed by atoms with Crippen LogP contribution in [0.2, 0.25) is 0 Å². The van der Waals surface area contributed by atoms with Crippen LogP contribution in [0.1, 0.15) is 40.0 Å². The van der Waals surface area contributed by atoms with Crippen LogP contribution in [-0.4, -0.2) is 76.8 Å². The Morgan fingerprint density at radius 1 is 0.963 bits per heavy atom. The molecule has 0 aliphatic carbocycles. The fourth-order valence-corrected chi connectivity index (χ4v) is 3.61. The van der Waals surface area contributed by atoms with Crippen molar-refractivity contribution in [2.75, 3.05) is 33.7 Å². The number of nitrogens with one attached hydrogen (secondary N) is 1. The van der Waals surface area contributed by atoms with E-state index in [1.54, 1.807) is 20.8 Å². The molecule has 1 heterocycles. The fourth-order valence-electron chi connectivity index (χ4n) is 3.24. The third kappa shape index (κ3) is 9.22. The van der Waals surface area contributed by atoms with Crippen molar-refractivity contribution in [2.45, 2.75) is 56.0 Å². The Hall–Kier alpha value is 0.474. The zero-order valence-corrected chi connectivity index (χ0v) is 20.5. The van der Waals surface area contributed by atoms with Crippen LogP contribution in [0.15, 0.2) is 0 Å². The fraction of sp³-hybridized carbons (Fsp3) is 0.824. The molecular formula is C17H30Cl3N3O3Ti. The predicted molar refractivity (Wildman–Crippen MR) is 89.5 cm³/mol. The number of carbonyl (C=O) groups excluding carboxylic acids is 3. The molecule has 156 valence electrons. The third-order valence-electron chi connectivity index (χ3n) is 5.11. The van der Waals surface area contributed by atoms with E-state index in [4.69, 9.17) is 0 Å². The Morgan fingerprint density at radius 2 is 1.52 bits per heavy atom. The molecule has 0 bridgehead atoms. The molecule has 3 atom stereocenters. The van der Waals surface area contributed by atoms with Gasteiger partial charge in [0.05, 0.1) is 0 Å². The molecule has 27 heavy (non-hydrogen) atoms. The third-order valence-corrected chi connectivity index (χ3v) is 6.65. The summed E-state index contributed by atoms with van der Waals surface area (Å²) in [7, 11) is 3.87. The van der Waals surface area contributed by atoms with Crippen molar-refractivity contribution in [3.8, 4) is 0 Å². The second-order valence-corrected chi connectivity index (χ2v) is 8.18. The summed E-state index contributed by atoms with van der Waals surface area (Å²) in [6.07, 6.45) is 1.99. The molecule has 0 spiro atoms. The predicted octanol–water partition coefficient (Wildman–Crippen LogP) is -8.62. The molecule has 6 nitrogen and oxygen atoms in total.